The van der Waals surface area contributed by atoms with Crippen molar-refractivity contribution in [3.63, 3.8) is 0 Å². The van der Waals surface area contributed by atoms with Crippen molar-refractivity contribution in [1.82, 2.24) is 15.4 Å². The van der Waals surface area contributed by atoms with Crippen LogP contribution in [0.3, 0.4) is 0 Å². The molecule has 1 heterocycles. The van der Waals surface area contributed by atoms with Crippen molar-refractivity contribution in [3.8, 4) is 0 Å². The molecule has 1 aromatic rings. The van der Waals surface area contributed by atoms with Gasteiger partial charge in [0, 0.05) is 22.4 Å². The van der Waals surface area contributed by atoms with Crippen LogP contribution in [0, 0.1) is 0 Å². The number of halogens is 1. The number of hydrogen-bond acceptors (Lipinski definition) is 2. The number of nitrogens with one attached hydrogen (secondary N) is 1. The molecule has 0 saturated heterocycles. The van der Waals surface area contributed by atoms with Crippen molar-refractivity contribution in [2.45, 2.75) is 0 Å². The predicted molar refractivity (Wildman–Crippen MR) is 23.6 cm³/mol. The Hall–Kier alpha value is 0.170. The zero-order chi connectivity index (χ0) is 3.54. The van der Waals surface area contributed by atoms with Crippen LogP contribution in [0.25, 0.3) is 0 Å². The van der Waals surface area contributed by atoms with Gasteiger partial charge in [0.05, 0.1) is 12.4 Å². The van der Waals surface area contributed by atoms with Gasteiger partial charge >= 0.3 is 0 Å². The van der Waals surface area contributed by atoms with Crippen molar-refractivity contribution in [1.29, 1.82) is 0 Å². The molecule has 1 rings (SSSR count). The summed E-state index contributed by atoms with van der Waals surface area (Å²) in [4.78, 5) is 0. The van der Waals surface area contributed by atoms with Gasteiger partial charge in [-0.25, -0.2) is 0 Å². The van der Waals surface area contributed by atoms with Gasteiger partial charge in [0.2, 0.25) is 0 Å². The van der Waals surface area contributed by atoms with Crippen molar-refractivity contribution < 1.29 is 22.4 Å². The third kappa shape index (κ3) is 4.01. The van der Waals surface area contributed by atoms with E-state index < -0.39 is 0 Å². The molecule has 0 atom stereocenters. The monoisotopic (exact) mass is 302 g/mol. The molecule has 0 unspecified atom stereocenters. The van der Waals surface area contributed by atoms with Crippen LogP contribution in [-0.2, 0) is 22.4 Å². The van der Waals surface area contributed by atoms with Gasteiger partial charge in [0.1, 0.15) is 0 Å². The first kappa shape index (κ1) is 10.2. The smallest absolute Gasteiger partial charge is 0.0690 e. The van der Waals surface area contributed by atoms with Crippen molar-refractivity contribution in [2.24, 2.45) is 0 Å². The SMILES string of the molecule is Cl.[Au].c1cn[nH]n1. The number of rotatable bonds is 0. The van der Waals surface area contributed by atoms with Gasteiger partial charge in [-0.15, -0.1) is 12.4 Å². The Bertz CT molecular complexity index is 69.4. The summed E-state index contributed by atoms with van der Waals surface area (Å²) in [5.74, 6) is 0. The van der Waals surface area contributed by atoms with Gasteiger partial charge in [-0.05, 0) is 0 Å². The van der Waals surface area contributed by atoms with E-state index in [1.165, 1.54) is 0 Å². The standard InChI is InChI=1S/C2H3N3.Au.ClH/c1-2-4-5-3-1;;/h1-2H,(H,3,4,5);;1H. The van der Waals surface area contributed by atoms with E-state index in [1.807, 2.05) is 0 Å². The van der Waals surface area contributed by atoms with Crippen molar-refractivity contribution in [3.05, 3.63) is 12.4 Å². The molecular formula is C2H4AuClN3. The maximum absolute atomic E-state index is 3.49. The molecule has 0 fully saturated rings. The molecule has 0 saturated carbocycles. The Labute approximate surface area is 62.8 Å². The van der Waals surface area contributed by atoms with E-state index in [-0.39, 0.29) is 34.8 Å². The normalized spacial score (nSPS) is 5.71. The van der Waals surface area contributed by atoms with E-state index >= 15 is 0 Å². The number of nitrogens with zero attached hydrogens (tertiary/aromatic N) is 2. The summed E-state index contributed by atoms with van der Waals surface area (Å²) in [5.41, 5.74) is 0. The first-order valence-electron chi connectivity index (χ1n) is 1.30. The van der Waals surface area contributed by atoms with Crippen LogP contribution in [0.5, 0.6) is 0 Å². The van der Waals surface area contributed by atoms with Gasteiger partial charge in [-0.2, -0.15) is 15.4 Å². The van der Waals surface area contributed by atoms with Gasteiger partial charge in [-0.1, -0.05) is 0 Å². The van der Waals surface area contributed by atoms with Crippen molar-refractivity contribution >= 4 is 12.4 Å². The summed E-state index contributed by atoms with van der Waals surface area (Å²) in [6, 6.07) is 0. The maximum atomic E-state index is 3.49. The zero-order valence-electron chi connectivity index (χ0n) is 3.26. The minimum atomic E-state index is 0. The average Bonchev–Trinajstić information content (AvgIpc) is 1.76. The third-order valence-corrected chi connectivity index (χ3v) is 0.331. The van der Waals surface area contributed by atoms with Crippen LogP contribution >= 0.6 is 12.4 Å². The largest absolute Gasteiger partial charge is 0.198 e. The molecule has 0 spiro atoms. The molecule has 1 aromatic heterocycles. The minimum absolute atomic E-state index is 0. The second-order valence-electron chi connectivity index (χ2n) is 0.656. The molecule has 0 aliphatic heterocycles. The molecule has 0 aromatic carbocycles. The Morgan fingerprint density at radius 3 is 1.71 bits per heavy atom. The molecule has 1 N–H and O–H groups in total. The van der Waals surface area contributed by atoms with Gasteiger partial charge < -0.3 is 0 Å². The maximum Gasteiger partial charge on any atom is 0.0690 e. The Balaban J connectivity index is 0. The summed E-state index contributed by atoms with van der Waals surface area (Å²) < 4.78 is 0. The Morgan fingerprint density at radius 1 is 1.14 bits per heavy atom. The number of aromatic nitrogens is 3. The zero-order valence-corrected chi connectivity index (χ0v) is 6.24. The second-order valence-corrected chi connectivity index (χ2v) is 0.656. The predicted octanol–water partition coefficient (Wildman–Crippen LogP) is 0.224. The summed E-state index contributed by atoms with van der Waals surface area (Å²) in [6.45, 7) is 0. The van der Waals surface area contributed by atoms with E-state index in [0.717, 1.165) is 0 Å². The van der Waals surface area contributed by atoms with Crippen LogP contribution in [0.2, 0.25) is 0 Å². The fraction of sp³-hybridized carbons (Fsp3) is 0. The number of H-pyrrole nitrogens is 1. The van der Waals surface area contributed by atoms with Crippen molar-refractivity contribution in [2.75, 3.05) is 0 Å². The number of hydrogen-bond donors (Lipinski definition) is 1. The van der Waals surface area contributed by atoms with E-state index in [9.17, 15) is 0 Å². The molecule has 0 bridgehead atoms. The molecule has 0 amide bonds. The first-order chi connectivity index (χ1) is 2.50. The first-order valence-corrected chi connectivity index (χ1v) is 1.30. The second kappa shape index (κ2) is 6.17. The third-order valence-electron chi connectivity index (χ3n) is 0.331. The summed E-state index contributed by atoms with van der Waals surface area (Å²) >= 11 is 0. The van der Waals surface area contributed by atoms with Crippen LogP contribution in [-0.4, -0.2) is 15.4 Å². The van der Waals surface area contributed by atoms with Gasteiger partial charge in [-0.3, -0.25) is 0 Å². The molecule has 5 heteroatoms. The number of aromatic amines is 1. The average molecular weight is 302 g/mol. The Morgan fingerprint density at radius 2 is 1.57 bits per heavy atom. The summed E-state index contributed by atoms with van der Waals surface area (Å²) in [6.07, 6.45) is 3.17. The van der Waals surface area contributed by atoms with E-state index in [4.69, 9.17) is 0 Å². The Kier molecular flexibility index (Phi) is 9.00. The molecular weight excluding hydrogens is 298 g/mol. The van der Waals surface area contributed by atoms with Crippen LogP contribution < -0.4 is 0 Å². The van der Waals surface area contributed by atoms with Crippen LogP contribution in [0.1, 0.15) is 0 Å². The van der Waals surface area contributed by atoms with E-state index in [2.05, 4.69) is 15.4 Å². The molecule has 7 heavy (non-hydrogen) atoms. The molecule has 45 valence electrons. The molecule has 3 nitrogen and oxygen atoms in total. The van der Waals surface area contributed by atoms with Crippen LogP contribution in [0.4, 0.5) is 0 Å². The quantitative estimate of drug-likeness (QED) is 0.697. The van der Waals surface area contributed by atoms with Gasteiger partial charge in [0.25, 0.3) is 0 Å². The molecule has 1 radical (unpaired) electrons. The van der Waals surface area contributed by atoms with E-state index in [1.54, 1.807) is 12.4 Å². The fourth-order valence-electron chi connectivity index (χ4n) is 0.167. The van der Waals surface area contributed by atoms with Gasteiger partial charge in [0.15, 0.2) is 0 Å². The summed E-state index contributed by atoms with van der Waals surface area (Å²) in [5, 5.41) is 9.33. The fourth-order valence-corrected chi connectivity index (χ4v) is 0.167. The van der Waals surface area contributed by atoms with E-state index in [0.29, 0.717) is 0 Å². The molecule has 0 aliphatic rings. The summed E-state index contributed by atoms with van der Waals surface area (Å²) in [7, 11) is 0. The molecule has 0 aliphatic carbocycles. The minimum Gasteiger partial charge on any atom is -0.198 e. The topological polar surface area (TPSA) is 41.6 Å². The van der Waals surface area contributed by atoms with Crippen LogP contribution in [0.15, 0.2) is 12.4 Å².